The number of nitrogens with zero attached hydrogens (tertiary/aromatic N) is 3. The number of ether oxygens (including phenoxy) is 3. The molecular formula is C86H91N3O3. The van der Waals surface area contributed by atoms with Gasteiger partial charge in [-0.1, -0.05) is 258 Å². The number of aromatic nitrogens is 3. The highest BCUT2D eigenvalue weighted by Crippen LogP contribution is 2.42. The molecule has 3 unspecified atom stereocenters. The smallest absolute Gasteiger partial charge is 0.127 e. The Morgan fingerprint density at radius 2 is 0.565 bits per heavy atom. The van der Waals surface area contributed by atoms with Gasteiger partial charge in [-0.05, 0) is 110 Å². The lowest BCUT2D eigenvalue weighted by molar-refractivity contribution is 0.233. The highest BCUT2D eigenvalue weighted by Gasteiger charge is 2.23. The summed E-state index contributed by atoms with van der Waals surface area (Å²) < 4.78 is 28.7. The molecule has 0 aliphatic carbocycles. The van der Waals surface area contributed by atoms with Crippen molar-refractivity contribution in [1.29, 1.82) is 0 Å². The van der Waals surface area contributed by atoms with Crippen LogP contribution in [0.15, 0.2) is 195 Å². The summed E-state index contributed by atoms with van der Waals surface area (Å²) in [4.78, 5) is 0. The van der Waals surface area contributed by atoms with E-state index < -0.39 is 0 Å². The van der Waals surface area contributed by atoms with Crippen LogP contribution in [0.25, 0.3) is 119 Å². The van der Waals surface area contributed by atoms with Gasteiger partial charge in [-0.2, -0.15) is 0 Å². The van der Waals surface area contributed by atoms with Gasteiger partial charge in [0.15, 0.2) is 0 Å². The van der Waals surface area contributed by atoms with E-state index in [1.165, 1.54) is 51.6 Å². The number of benzene rings is 9. The van der Waals surface area contributed by atoms with Crippen LogP contribution in [-0.4, -0.2) is 33.5 Å². The van der Waals surface area contributed by atoms with Crippen molar-refractivity contribution in [3.8, 4) is 34.3 Å². The zero-order valence-electron chi connectivity index (χ0n) is 55.1. The van der Waals surface area contributed by atoms with E-state index >= 15 is 0 Å². The fourth-order valence-electron chi connectivity index (χ4n) is 13.8. The van der Waals surface area contributed by atoms with Crippen LogP contribution in [0.4, 0.5) is 0 Å². The molecule has 0 aliphatic rings. The van der Waals surface area contributed by atoms with Crippen LogP contribution in [0.5, 0.6) is 17.2 Å². The fourth-order valence-corrected chi connectivity index (χ4v) is 13.8. The van der Waals surface area contributed by atoms with Crippen LogP contribution in [0, 0.1) is 17.8 Å². The summed E-state index contributed by atoms with van der Waals surface area (Å²) in [6, 6.07) is 66.4. The minimum atomic E-state index is 0.395. The summed E-state index contributed by atoms with van der Waals surface area (Å²) in [6.07, 6.45) is 26.6. The fraction of sp³-hybridized carbons (Fsp3) is 0.279. The van der Waals surface area contributed by atoms with Crippen molar-refractivity contribution in [1.82, 2.24) is 13.7 Å². The highest BCUT2D eigenvalue weighted by molar-refractivity contribution is 6.12. The summed E-state index contributed by atoms with van der Waals surface area (Å²) in [6.45, 7) is 24.4. The summed E-state index contributed by atoms with van der Waals surface area (Å²) in [5, 5.41) is 7.23. The van der Waals surface area contributed by atoms with Crippen molar-refractivity contribution in [3.05, 3.63) is 229 Å². The maximum Gasteiger partial charge on any atom is 0.127 e. The Labute approximate surface area is 545 Å². The number of hydrogen-bond donors (Lipinski definition) is 0. The van der Waals surface area contributed by atoms with Gasteiger partial charge in [0.05, 0.1) is 70.0 Å². The number of unbranched alkanes of at least 4 members (excludes halogenated alkanes) is 3. The SMILES string of the molecule is C=Cc1cc(-n2c3ccccc3c3ccccc32)c(/C=C/c2cc(-n3c4ccccc4c4ccccc43)c(/C=C/c3cc(-n4c5ccccc5c5ccccc54)c(C=C)cc3OCC(CC)CCCC)cc2OCC(CC)CCCC)cc1OCC(CC)CCCC. The predicted molar refractivity (Wildman–Crippen MR) is 397 cm³/mol. The molecule has 0 saturated carbocycles. The molecule has 0 bridgehead atoms. The standard InChI is InChI=1S/C86H91N3O3/c1-9-17-32-60(12-4)57-90-84-55-65(82(51-64(84)16-8)88-77-43-28-22-37-71(77)72-38-23-29-44-78(72)88)47-50-68-53-83(89-79-45-30-24-39-73(79)74-40-25-31-46-80(74)89)66(56-86(68)92-59-62(14-6)34-19-11-3)48-49-67-52-81(63(15-7)54-85(67)91-58-61(13-5)33-18-10-2)87-75-41-26-20-35-69(75)70-36-21-27-42-76(70)87/h15-16,20-31,35-56,60-62H,7-14,17-19,32-34,57-59H2,1-6H3/b49-48+,50-47+. The molecule has 0 radical (unpaired) electrons. The minimum absolute atomic E-state index is 0.395. The zero-order valence-corrected chi connectivity index (χ0v) is 55.1. The van der Waals surface area contributed by atoms with E-state index in [1.807, 2.05) is 12.2 Å². The molecule has 468 valence electrons. The average molecular weight is 1210 g/mol. The van der Waals surface area contributed by atoms with Crippen LogP contribution in [0.3, 0.4) is 0 Å². The van der Waals surface area contributed by atoms with Gasteiger partial charge in [0.2, 0.25) is 0 Å². The number of para-hydroxylation sites is 6. The number of hydrogen-bond acceptors (Lipinski definition) is 3. The van der Waals surface area contributed by atoms with Gasteiger partial charge in [0.1, 0.15) is 17.2 Å². The third kappa shape index (κ3) is 12.9. The van der Waals surface area contributed by atoms with E-state index in [1.54, 1.807) is 0 Å². The van der Waals surface area contributed by atoms with Crippen LogP contribution in [-0.2, 0) is 0 Å². The lowest BCUT2D eigenvalue weighted by Crippen LogP contribution is -2.12. The Morgan fingerprint density at radius 3 is 0.848 bits per heavy atom. The maximum atomic E-state index is 7.34. The van der Waals surface area contributed by atoms with Gasteiger partial charge in [0.25, 0.3) is 0 Å². The van der Waals surface area contributed by atoms with E-state index in [-0.39, 0.29) is 0 Å². The molecule has 3 heterocycles. The second-order valence-electron chi connectivity index (χ2n) is 25.2. The Balaban J connectivity index is 1.10. The molecular weight excluding hydrogens is 1120 g/mol. The van der Waals surface area contributed by atoms with E-state index in [0.717, 1.165) is 159 Å². The largest absolute Gasteiger partial charge is 0.493 e. The van der Waals surface area contributed by atoms with Crippen LogP contribution in [0.2, 0.25) is 0 Å². The minimum Gasteiger partial charge on any atom is -0.493 e. The topological polar surface area (TPSA) is 42.5 Å². The first-order valence-electron chi connectivity index (χ1n) is 34.3. The molecule has 12 rings (SSSR count). The summed E-state index contributed by atoms with van der Waals surface area (Å²) in [7, 11) is 0. The van der Waals surface area contributed by atoms with Crippen LogP contribution in [0.1, 0.15) is 152 Å². The van der Waals surface area contributed by atoms with Crippen molar-refractivity contribution in [2.75, 3.05) is 19.8 Å². The third-order valence-electron chi connectivity index (χ3n) is 19.3. The second kappa shape index (κ2) is 29.4. The molecule has 0 fully saturated rings. The zero-order chi connectivity index (χ0) is 63.5. The average Bonchev–Trinajstić information content (AvgIpc) is 1.60. The van der Waals surface area contributed by atoms with Crippen molar-refractivity contribution >= 4 is 102 Å². The summed E-state index contributed by atoms with van der Waals surface area (Å²) in [5.74, 6) is 3.78. The first-order chi connectivity index (χ1) is 45.3. The molecule has 6 heteroatoms. The monoisotopic (exact) mass is 1210 g/mol. The normalized spacial score (nSPS) is 13.0. The second-order valence-corrected chi connectivity index (χ2v) is 25.2. The van der Waals surface area contributed by atoms with Crippen molar-refractivity contribution < 1.29 is 14.2 Å². The van der Waals surface area contributed by atoms with Gasteiger partial charge in [-0.3, -0.25) is 0 Å². The van der Waals surface area contributed by atoms with E-state index in [4.69, 9.17) is 14.2 Å². The van der Waals surface area contributed by atoms with Crippen molar-refractivity contribution in [3.63, 3.8) is 0 Å². The summed E-state index contributed by atoms with van der Waals surface area (Å²) in [5.41, 5.74) is 15.9. The molecule has 9 aromatic carbocycles. The number of rotatable bonds is 30. The van der Waals surface area contributed by atoms with E-state index in [2.05, 4.69) is 275 Å². The first-order valence-corrected chi connectivity index (χ1v) is 34.3. The Morgan fingerprint density at radius 1 is 0.315 bits per heavy atom. The van der Waals surface area contributed by atoms with Crippen LogP contribution < -0.4 is 14.2 Å². The van der Waals surface area contributed by atoms with Gasteiger partial charge < -0.3 is 27.9 Å². The van der Waals surface area contributed by atoms with Crippen LogP contribution >= 0.6 is 0 Å². The van der Waals surface area contributed by atoms with Gasteiger partial charge in [-0.25, -0.2) is 0 Å². The van der Waals surface area contributed by atoms with E-state index in [0.29, 0.717) is 37.6 Å². The molecule has 12 aromatic rings. The van der Waals surface area contributed by atoms with E-state index in [9.17, 15) is 0 Å². The molecule has 3 aromatic heterocycles. The number of fused-ring (bicyclic) bond motifs is 9. The highest BCUT2D eigenvalue weighted by atomic mass is 16.5. The van der Waals surface area contributed by atoms with Gasteiger partial charge in [0, 0.05) is 65.7 Å². The Bertz CT molecular complexity index is 4480. The van der Waals surface area contributed by atoms with Gasteiger partial charge >= 0.3 is 0 Å². The molecule has 0 aliphatic heterocycles. The molecule has 0 N–H and O–H groups in total. The molecule has 0 amide bonds. The quantitative estimate of drug-likeness (QED) is 0.0421. The molecule has 3 atom stereocenters. The Kier molecular flexibility index (Phi) is 20.1. The lowest BCUT2D eigenvalue weighted by Gasteiger charge is -2.21. The van der Waals surface area contributed by atoms with Crippen molar-refractivity contribution in [2.45, 2.75) is 119 Å². The summed E-state index contributed by atoms with van der Waals surface area (Å²) >= 11 is 0. The van der Waals surface area contributed by atoms with Crippen molar-refractivity contribution in [2.24, 2.45) is 17.8 Å². The lowest BCUT2D eigenvalue weighted by atomic mass is 9.99. The first kappa shape index (κ1) is 62.9. The molecule has 6 nitrogen and oxygen atoms in total. The maximum absolute atomic E-state index is 7.34. The molecule has 92 heavy (non-hydrogen) atoms. The third-order valence-corrected chi connectivity index (χ3v) is 19.3. The predicted octanol–water partition coefficient (Wildman–Crippen LogP) is 24.4. The molecule has 0 spiro atoms. The van der Waals surface area contributed by atoms with Gasteiger partial charge in [-0.15, -0.1) is 0 Å². The Hall–Kier alpha value is -9.26. The molecule has 0 saturated heterocycles.